The van der Waals surface area contributed by atoms with Gasteiger partial charge in [-0.25, -0.2) is 4.79 Å². The summed E-state index contributed by atoms with van der Waals surface area (Å²) in [6.45, 7) is 4.76. The van der Waals surface area contributed by atoms with Gasteiger partial charge in [0.15, 0.2) is 12.7 Å². The van der Waals surface area contributed by atoms with Crippen molar-refractivity contribution in [3.63, 3.8) is 0 Å². The van der Waals surface area contributed by atoms with E-state index in [4.69, 9.17) is 9.47 Å². The van der Waals surface area contributed by atoms with Gasteiger partial charge in [-0.15, -0.1) is 0 Å². The highest BCUT2D eigenvalue weighted by molar-refractivity contribution is 5.94. The summed E-state index contributed by atoms with van der Waals surface area (Å²) < 4.78 is 12.4. The molecule has 0 aliphatic carbocycles. The van der Waals surface area contributed by atoms with Crippen molar-refractivity contribution < 1.29 is 19.1 Å². The van der Waals surface area contributed by atoms with E-state index < -0.39 is 24.6 Å². The highest BCUT2D eigenvalue weighted by Crippen LogP contribution is 2.29. The van der Waals surface area contributed by atoms with Crippen molar-refractivity contribution in [2.75, 3.05) is 11.9 Å². The molecule has 1 aromatic heterocycles. The average molecular weight is 417 g/mol. The zero-order valence-electron chi connectivity index (χ0n) is 17.6. The van der Waals surface area contributed by atoms with Crippen LogP contribution in [0.25, 0.3) is 5.69 Å². The quantitative estimate of drug-likeness (QED) is 0.588. The molecule has 7 heteroatoms. The van der Waals surface area contributed by atoms with E-state index in [-0.39, 0.29) is 0 Å². The fourth-order valence-corrected chi connectivity index (χ4v) is 3.13. The molecule has 3 aromatic rings. The highest BCUT2D eigenvalue weighted by Gasteiger charge is 2.22. The third kappa shape index (κ3) is 4.93. The number of esters is 1. The van der Waals surface area contributed by atoms with Gasteiger partial charge in [-0.1, -0.05) is 36.4 Å². The van der Waals surface area contributed by atoms with E-state index in [1.807, 2.05) is 50.2 Å². The topological polar surface area (TPSA) is 93.3 Å². The van der Waals surface area contributed by atoms with Crippen molar-refractivity contribution in [1.82, 2.24) is 4.57 Å². The molecule has 2 aromatic carbocycles. The van der Waals surface area contributed by atoms with E-state index in [9.17, 15) is 14.9 Å². The smallest absolute Gasteiger partial charge is 0.347 e. The van der Waals surface area contributed by atoms with Gasteiger partial charge < -0.3 is 14.8 Å². The monoisotopic (exact) mass is 417 g/mol. The number of nitrogens with one attached hydrogen (secondary N) is 1. The van der Waals surface area contributed by atoms with Gasteiger partial charge in [-0.05, 0) is 50.6 Å². The maximum Gasteiger partial charge on any atom is 0.347 e. The molecule has 1 N–H and O–H groups in total. The fourth-order valence-electron chi connectivity index (χ4n) is 3.13. The van der Waals surface area contributed by atoms with Gasteiger partial charge in [0.05, 0.1) is 5.56 Å². The van der Waals surface area contributed by atoms with E-state index in [1.165, 1.54) is 0 Å². The molecule has 1 amide bonds. The van der Waals surface area contributed by atoms with Gasteiger partial charge in [-0.2, -0.15) is 5.26 Å². The van der Waals surface area contributed by atoms with Crippen molar-refractivity contribution in [2.24, 2.45) is 0 Å². The van der Waals surface area contributed by atoms with Crippen LogP contribution in [0.5, 0.6) is 5.75 Å². The number of carbonyl (C=O) groups is 2. The molecule has 0 aliphatic heterocycles. The number of anilines is 1. The summed E-state index contributed by atoms with van der Waals surface area (Å²) in [6.07, 6.45) is -0.873. The lowest BCUT2D eigenvalue weighted by Gasteiger charge is -2.15. The Morgan fingerprint density at radius 2 is 1.68 bits per heavy atom. The van der Waals surface area contributed by atoms with Gasteiger partial charge in [0, 0.05) is 11.4 Å². The highest BCUT2D eigenvalue weighted by atomic mass is 16.6. The molecule has 7 nitrogen and oxygen atoms in total. The Labute approximate surface area is 180 Å². The number of aromatic nitrogens is 1. The number of amides is 1. The van der Waals surface area contributed by atoms with Crippen LogP contribution in [0.15, 0.2) is 60.7 Å². The van der Waals surface area contributed by atoms with Crippen LogP contribution in [0.1, 0.15) is 23.7 Å². The molecule has 0 fully saturated rings. The van der Waals surface area contributed by atoms with Crippen LogP contribution >= 0.6 is 0 Å². The van der Waals surface area contributed by atoms with E-state index in [1.54, 1.807) is 35.8 Å². The van der Waals surface area contributed by atoms with Crippen molar-refractivity contribution in [1.29, 1.82) is 5.26 Å². The summed E-state index contributed by atoms with van der Waals surface area (Å²) in [5.41, 5.74) is 2.77. The van der Waals surface area contributed by atoms with Crippen LogP contribution in [-0.2, 0) is 14.3 Å². The summed E-state index contributed by atoms with van der Waals surface area (Å²) in [6, 6.07) is 20.4. The van der Waals surface area contributed by atoms with Crippen LogP contribution in [0, 0.1) is 25.2 Å². The molecule has 158 valence electrons. The Hall–Kier alpha value is -4.05. The molecule has 0 saturated carbocycles. The SMILES string of the molecule is Cc1c(C#N)c(NC(=O)COC(=O)C(C)Oc2ccccc2)n(-c2ccccc2)c1C. The lowest BCUT2D eigenvalue weighted by Crippen LogP contribution is -2.30. The molecule has 1 unspecified atom stereocenters. The molecule has 0 saturated heterocycles. The van der Waals surface area contributed by atoms with Crippen LogP contribution in [0.3, 0.4) is 0 Å². The first kappa shape index (κ1) is 21.7. The molecule has 3 rings (SSSR count). The van der Waals surface area contributed by atoms with Gasteiger partial charge >= 0.3 is 5.97 Å². The lowest BCUT2D eigenvalue weighted by molar-refractivity contribution is -0.153. The first-order valence-corrected chi connectivity index (χ1v) is 9.78. The zero-order valence-corrected chi connectivity index (χ0v) is 17.6. The van der Waals surface area contributed by atoms with E-state index in [2.05, 4.69) is 11.4 Å². The van der Waals surface area contributed by atoms with Crippen LogP contribution in [0.2, 0.25) is 0 Å². The summed E-state index contributed by atoms with van der Waals surface area (Å²) >= 11 is 0. The third-order valence-electron chi connectivity index (χ3n) is 4.83. The van der Waals surface area contributed by atoms with E-state index in [0.29, 0.717) is 17.1 Å². The maximum absolute atomic E-state index is 12.5. The normalized spacial score (nSPS) is 11.3. The average Bonchev–Trinajstić information content (AvgIpc) is 3.02. The maximum atomic E-state index is 12.5. The van der Waals surface area contributed by atoms with E-state index in [0.717, 1.165) is 16.9 Å². The van der Waals surface area contributed by atoms with Crippen molar-refractivity contribution in [2.45, 2.75) is 26.9 Å². The van der Waals surface area contributed by atoms with E-state index >= 15 is 0 Å². The Balaban J connectivity index is 1.70. The Kier molecular flexibility index (Phi) is 6.73. The van der Waals surface area contributed by atoms with Crippen molar-refractivity contribution in [3.05, 3.63) is 77.5 Å². The van der Waals surface area contributed by atoms with Crippen LogP contribution in [-0.4, -0.2) is 29.2 Å². The number of hydrogen-bond donors (Lipinski definition) is 1. The van der Waals surface area contributed by atoms with Crippen LogP contribution < -0.4 is 10.1 Å². The molecule has 0 radical (unpaired) electrons. The predicted molar refractivity (Wildman–Crippen MR) is 116 cm³/mol. The lowest BCUT2D eigenvalue weighted by atomic mass is 10.2. The molecule has 31 heavy (non-hydrogen) atoms. The molecule has 1 heterocycles. The minimum absolute atomic E-state index is 0.346. The number of benzene rings is 2. The number of carbonyl (C=O) groups excluding carboxylic acids is 2. The number of para-hydroxylation sites is 2. The van der Waals surface area contributed by atoms with Crippen molar-refractivity contribution in [3.8, 4) is 17.5 Å². The summed E-state index contributed by atoms with van der Waals surface area (Å²) in [5, 5.41) is 12.3. The second-order valence-corrected chi connectivity index (χ2v) is 6.95. The second kappa shape index (κ2) is 9.63. The molecule has 0 aliphatic rings. The summed E-state index contributed by atoms with van der Waals surface area (Å²) in [4.78, 5) is 24.7. The number of ether oxygens (including phenoxy) is 2. The molecule has 1 atom stereocenters. The van der Waals surface area contributed by atoms with Crippen molar-refractivity contribution >= 4 is 17.7 Å². The third-order valence-corrected chi connectivity index (χ3v) is 4.83. The number of hydrogen-bond acceptors (Lipinski definition) is 5. The number of nitrogens with zero attached hydrogens (tertiary/aromatic N) is 2. The zero-order chi connectivity index (χ0) is 22.4. The summed E-state index contributed by atoms with van der Waals surface area (Å²) in [7, 11) is 0. The Bertz CT molecular complexity index is 1120. The van der Waals surface area contributed by atoms with Gasteiger partial charge in [0.1, 0.15) is 17.6 Å². The van der Waals surface area contributed by atoms with Gasteiger partial charge in [0.2, 0.25) is 0 Å². The summed E-state index contributed by atoms with van der Waals surface area (Å²) in [5.74, 6) is -0.336. The Morgan fingerprint density at radius 3 is 2.29 bits per heavy atom. The molecule has 0 bridgehead atoms. The number of nitriles is 1. The Morgan fingerprint density at radius 1 is 1.06 bits per heavy atom. The first-order chi connectivity index (χ1) is 14.9. The minimum Gasteiger partial charge on any atom is -0.479 e. The van der Waals surface area contributed by atoms with Gasteiger partial charge in [-0.3, -0.25) is 9.36 Å². The standard InChI is InChI=1S/C24H23N3O4/c1-16-17(2)27(19-10-6-4-7-11-19)23(21(16)14-25)26-22(28)15-30-24(29)18(3)31-20-12-8-5-9-13-20/h4-13,18H,15H2,1-3H3,(H,26,28). The van der Waals surface area contributed by atoms with Crippen LogP contribution in [0.4, 0.5) is 5.82 Å². The number of rotatable bonds is 7. The largest absolute Gasteiger partial charge is 0.479 e. The predicted octanol–water partition coefficient (Wildman–Crippen LogP) is 3.92. The first-order valence-electron chi connectivity index (χ1n) is 9.78. The fraction of sp³-hybridized carbons (Fsp3) is 0.208. The molecular weight excluding hydrogens is 394 g/mol. The molecule has 0 spiro atoms. The molecular formula is C24H23N3O4. The minimum atomic E-state index is -0.873. The van der Waals surface area contributed by atoms with Gasteiger partial charge in [0.25, 0.3) is 5.91 Å². The second-order valence-electron chi connectivity index (χ2n) is 6.95.